The van der Waals surface area contributed by atoms with Crippen molar-refractivity contribution in [1.29, 1.82) is 0 Å². The van der Waals surface area contributed by atoms with Crippen molar-refractivity contribution in [3.8, 4) is 5.88 Å². The molecule has 2 aromatic rings. The molecule has 1 fully saturated rings. The third-order valence-electron chi connectivity index (χ3n) is 3.84. The smallest absolute Gasteiger partial charge is 0.343 e. The number of esters is 1. The number of carbonyl (C=O) groups is 2. The summed E-state index contributed by atoms with van der Waals surface area (Å²) in [4.78, 5) is 28.7. The number of aryl methyl sites for hydroxylation is 1. The molecule has 1 aliphatic rings. The summed E-state index contributed by atoms with van der Waals surface area (Å²) in [7, 11) is 1.62. The summed E-state index contributed by atoms with van der Waals surface area (Å²) in [5, 5.41) is 6.69. The maximum atomic E-state index is 12.6. The Morgan fingerprint density at radius 3 is 3.04 bits per heavy atom. The lowest BCUT2D eigenvalue weighted by atomic mass is 10.2. The second-order valence-electron chi connectivity index (χ2n) is 5.69. The van der Waals surface area contributed by atoms with E-state index in [1.807, 2.05) is 0 Å². The van der Waals surface area contributed by atoms with Crippen molar-refractivity contribution in [2.24, 2.45) is 7.05 Å². The van der Waals surface area contributed by atoms with Gasteiger partial charge in [-0.3, -0.25) is 9.48 Å². The second kappa shape index (κ2) is 7.96. The third kappa shape index (κ3) is 3.99. The molecule has 3 rings (SSSR count). The van der Waals surface area contributed by atoms with Crippen LogP contribution < -0.4 is 10.1 Å². The zero-order chi connectivity index (χ0) is 18.5. The molecule has 1 unspecified atom stereocenters. The van der Waals surface area contributed by atoms with Crippen molar-refractivity contribution in [2.45, 2.75) is 19.4 Å². The molecule has 1 saturated heterocycles. The van der Waals surface area contributed by atoms with Gasteiger partial charge in [-0.25, -0.2) is 9.78 Å². The molecule has 0 bridgehead atoms. The minimum atomic E-state index is -0.545. The molecule has 138 valence electrons. The Morgan fingerprint density at radius 2 is 2.31 bits per heavy atom. The first-order valence-electron chi connectivity index (χ1n) is 8.29. The summed E-state index contributed by atoms with van der Waals surface area (Å²) < 4.78 is 17.4. The molecule has 2 aromatic heterocycles. The Bertz CT molecular complexity index is 798. The highest BCUT2D eigenvalue weighted by atomic mass is 16.5. The summed E-state index contributed by atoms with van der Waals surface area (Å²) in [6.07, 6.45) is 3.58. The zero-order valence-electron chi connectivity index (χ0n) is 14.6. The number of aromatic nitrogens is 3. The van der Waals surface area contributed by atoms with Gasteiger partial charge in [-0.2, -0.15) is 5.10 Å². The first-order chi connectivity index (χ1) is 12.6. The van der Waals surface area contributed by atoms with E-state index in [1.165, 1.54) is 17.1 Å². The quantitative estimate of drug-likeness (QED) is 0.777. The van der Waals surface area contributed by atoms with Gasteiger partial charge in [0.15, 0.2) is 0 Å². The summed E-state index contributed by atoms with van der Waals surface area (Å²) in [6, 6.07) is 3.11. The van der Waals surface area contributed by atoms with E-state index in [9.17, 15) is 9.59 Å². The summed E-state index contributed by atoms with van der Waals surface area (Å²) >= 11 is 0. The number of nitrogens with one attached hydrogen (secondary N) is 1. The largest absolute Gasteiger partial charge is 0.472 e. The molecule has 1 atom stereocenters. The van der Waals surface area contributed by atoms with E-state index in [2.05, 4.69) is 15.4 Å². The van der Waals surface area contributed by atoms with Crippen molar-refractivity contribution in [1.82, 2.24) is 14.8 Å². The fourth-order valence-corrected chi connectivity index (χ4v) is 2.52. The standard InChI is InChI=1S/C17H20N4O5/c1-3-25-17(23)13-9-19-21(2)15(13)20-16(22)11-4-6-18-14(8-11)26-12-5-7-24-10-12/h4,6,8-9,12H,3,5,7,10H2,1-2H3,(H,20,22). The molecule has 3 heterocycles. The molecule has 1 N–H and O–H groups in total. The van der Waals surface area contributed by atoms with Crippen molar-refractivity contribution in [3.05, 3.63) is 35.7 Å². The van der Waals surface area contributed by atoms with Crippen molar-refractivity contribution >= 4 is 17.7 Å². The molecule has 1 amide bonds. The van der Waals surface area contributed by atoms with Gasteiger partial charge in [-0.05, 0) is 13.0 Å². The van der Waals surface area contributed by atoms with Crippen LogP contribution in [0.2, 0.25) is 0 Å². The van der Waals surface area contributed by atoms with Gasteiger partial charge in [0.25, 0.3) is 5.91 Å². The number of nitrogens with zero attached hydrogens (tertiary/aromatic N) is 3. The highest BCUT2D eigenvalue weighted by molar-refractivity contribution is 6.07. The van der Waals surface area contributed by atoms with E-state index < -0.39 is 11.9 Å². The van der Waals surface area contributed by atoms with Gasteiger partial charge in [0, 0.05) is 31.3 Å². The van der Waals surface area contributed by atoms with Crippen LogP contribution in [0.4, 0.5) is 5.82 Å². The van der Waals surface area contributed by atoms with E-state index >= 15 is 0 Å². The Balaban J connectivity index is 1.74. The molecule has 0 aromatic carbocycles. The minimum absolute atomic E-state index is 0.0618. The molecule has 0 radical (unpaired) electrons. The molecular formula is C17H20N4O5. The first kappa shape index (κ1) is 17.9. The number of amides is 1. The van der Waals surface area contributed by atoms with Crippen LogP contribution in [0.5, 0.6) is 5.88 Å². The Labute approximate surface area is 150 Å². The van der Waals surface area contributed by atoms with E-state index in [0.717, 1.165) is 6.42 Å². The number of carbonyl (C=O) groups excluding carboxylic acids is 2. The highest BCUT2D eigenvalue weighted by Crippen LogP contribution is 2.19. The Kier molecular flexibility index (Phi) is 5.47. The molecule has 26 heavy (non-hydrogen) atoms. The van der Waals surface area contributed by atoms with Gasteiger partial charge >= 0.3 is 5.97 Å². The van der Waals surface area contributed by atoms with Crippen LogP contribution in [-0.2, 0) is 16.5 Å². The molecule has 9 heteroatoms. The van der Waals surface area contributed by atoms with Gasteiger partial charge in [0.1, 0.15) is 17.5 Å². The molecular weight excluding hydrogens is 340 g/mol. The maximum absolute atomic E-state index is 12.6. The van der Waals surface area contributed by atoms with Crippen molar-refractivity contribution < 1.29 is 23.8 Å². The lowest BCUT2D eigenvalue weighted by molar-refractivity contribution is 0.0527. The van der Waals surface area contributed by atoms with Gasteiger partial charge in [0.05, 0.1) is 26.0 Å². The molecule has 0 aliphatic carbocycles. The summed E-state index contributed by atoms with van der Waals surface area (Å²) in [5.74, 6) is -0.342. The SMILES string of the molecule is CCOC(=O)c1cnn(C)c1NC(=O)c1ccnc(OC2CCOC2)c1. The van der Waals surface area contributed by atoms with Gasteiger partial charge in [-0.15, -0.1) is 0 Å². The number of rotatable bonds is 6. The van der Waals surface area contributed by atoms with E-state index in [4.69, 9.17) is 14.2 Å². The third-order valence-corrected chi connectivity index (χ3v) is 3.84. The average molecular weight is 360 g/mol. The number of hydrogen-bond donors (Lipinski definition) is 1. The van der Waals surface area contributed by atoms with E-state index in [0.29, 0.717) is 24.7 Å². The van der Waals surface area contributed by atoms with Crippen molar-refractivity contribution in [2.75, 3.05) is 25.1 Å². The summed E-state index contributed by atoms with van der Waals surface area (Å²) in [6.45, 7) is 3.11. The predicted molar refractivity (Wildman–Crippen MR) is 91.2 cm³/mol. The Morgan fingerprint density at radius 1 is 1.46 bits per heavy atom. The minimum Gasteiger partial charge on any atom is -0.472 e. The molecule has 9 nitrogen and oxygen atoms in total. The Hall–Kier alpha value is -2.94. The van der Waals surface area contributed by atoms with Crippen LogP contribution >= 0.6 is 0 Å². The normalized spacial score (nSPS) is 16.3. The molecule has 0 spiro atoms. The fourth-order valence-electron chi connectivity index (χ4n) is 2.52. The van der Waals surface area contributed by atoms with E-state index in [1.54, 1.807) is 26.1 Å². The fraction of sp³-hybridized carbons (Fsp3) is 0.412. The number of hydrogen-bond acceptors (Lipinski definition) is 7. The second-order valence-corrected chi connectivity index (χ2v) is 5.69. The van der Waals surface area contributed by atoms with Crippen LogP contribution in [0.15, 0.2) is 24.5 Å². The highest BCUT2D eigenvalue weighted by Gasteiger charge is 2.21. The van der Waals surface area contributed by atoms with E-state index in [-0.39, 0.29) is 24.1 Å². The van der Waals surface area contributed by atoms with Crippen molar-refractivity contribution in [3.63, 3.8) is 0 Å². The van der Waals surface area contributed by atoms with Crippen LogP contribution in [-0.4, -0.2) is 52.6 Å². The molecule has 1 aliphatic heterocycles. The van der Waals surface area contributed by atoms with Crippen LogP contribution in [0.1, 0.15) is 34.1 Å². The maximum Gasteiger partial charge on any atom is 0.343 e. The van der Waals surface area contributed by atoms with Gasteiger partial charge in [-0.1, -0.05) is 0 Å². The summed E-state index contributed by atoms with van der Waals surface area (Å²) in [5.41, 5.74) is 0.543. The average Bonchev–Trinajstić information content (AvgIpc) is 3.26. The number of pyridine rings is 1. The lowest BCUT2D eigenvalue weighted by Gasteiger charge is -2.12. The zero-order valence-corrected chi connectivity index (χ0v) is 14.6. The van der Waals surface area contributed by atoms with Crippen LogP contribution in [0, 0.1) is 0 Å². The molecule has 0 saturated carbocycles. The van der Waals surface area contributed by atoms with Crippen LogP contribution in [0.25, 0.3) is 0 Å². The van der Waals surface area contributed by atoms with Gasteiger partial charge in [0.2, 0.25) is 5.88 Å². The lowest BCUT2D eigenvalue weighted by Crippen LogP contribution is -2.19. The predicted octanol–water partition coefficient (Wildman–Crippen LogP) is 1.41. The monoisotopic (exact) mass is 360 g/mol. The number of ether oxygens (including phenoxy) is 3. The first-order valence-corrected chi connectivity index (χ1v) is 8.29. The number of anilines is 1. The van der Waals surface area contributed by atoms with Gasteiger partial charge < -0.3 is 19.5 Å². The topological polar surface area (TPSA) is 105 Å². The van der Waals surface area contributed by atoms with Crippen LogP contribution in [0.3, 0.4) is 0 Å².